The average molecular weight is 278 g/mol. The van der Waals surface area contributed by atoms with Crippen LogP contribution in [-0.2, 0) is 6.54 Å². The average Bonchev–Trinajstić information content (AvgIpc) is 2.04. The Balaban J connectivity index is 0.00000196. The third-order valence-corrected chi connectivity index (χ3v) is 1.87. The summed E-state index contributed by atoms with van der Waals surface area (Å²) >= 11 is 0. The molecule has 0 spiro atoms. The Morgan fingerprint density at radius 1 is 1.00 bits per heavy atom. The number of halogens is 1. The van der Waals surface area contributed by atoms with Crippen molar-refractivity contribution in [1.82, 2.24) is 0 Å². The standard InChI is InChI=1S/C10H15NO3.BrH/c1-11(2,3)6-7-8(12)4-5-9(13)10(7)14;/h4-5H,6H2,1-3H3,(H2-,12,13,14);1H. The molecule has 0 heterocycles. The molecule has 0 radical (unpaired) electrons. The molecule has 0 saturated heterocycles. The van der Waals surface area contributed by atoms with Crippen LogP contribution in [0.2, 0.25) is 0 Å². The first-order chi connectivity index (χ1) is 6.31. The highest BCUT2D eigenvalue weighted by Crippen LogP contribution is 2.36. The van der Waals surface area contributed by atoms with Crippen LogP contribution in [0.3, 0.4) is 0 Å². The number of hydrogen-bond donors (Lipinski definition) is 3. The first kappa shape index (κ1) is 14.1. The summed E-state index contributed by atoms with van der Waals surface area (Å²) in [6.45, 7) is 0.450. The van der Waals surface area contributed by atoms with Gasteiger partial charge in [0, 0.05) is 0 Å². The van der Waals surface area contributed by atoms with E-state index in [1.54, 1.807) is 0 Å². The molecule has 0 bridgehead atoms. The fraction of sp³-hybridized carbons (Fsp3) is 0.400. The van der Waals surface area contributed by atoms with Crippen molar-refractivity contribution in [3.05, 3.63) is 17.7 Å². The number of quaternary nitrogens is 1. The molecule has 0 aliphatic carbocycles. The van der Waals surface area contributed by atoms with Crippen molar-refractivity contribution in [1.29, 1.82) is 0 Å². The molecule has 86 valence electrons. The lowest BCUT2D eigenvalue weighted by Gasteiger charge is -2.24. The zero-order chi connectivity index (χ0) is 10.9. The molecule has 1 rings (SSSR count). The minimum absolute atomic E-state index is 0. The van der Waals surface area contributed by atoms with Gasteiger partial charge in [0.05, 0.1) is 26.7 Å². The van der Waals surface area contributed by atoms with Gasteiger partial charge in [0.2, 0.25) is 0 Å². The van der Waals surface area contributed by atoms with Gasteiger partial charge in [-0.05, 0) is 12.1 Å². The summed E-state index contributed by atoms with van der Waals surface area (Å²) in [6.07, 6.45) is 0. The lowest BCUT2D eigenvalue weighted by molar-refractivity contribution is -0.884. The molecule has 0 aromatic heterocycles. The van der Waals surface area contributed by atoms with Crippen LogP contribution in [0, 0.1) is 0 Å². The minimum atomic E-state index is -0.238. The van der Waals surface area contributed by atoms with Crippen LogP contribution >= 0.6 is 0 Å². The van der Waals surface area contributed by atoms with Crippen LogP contribution in [0.5, 0.6) is 17.2 Å². The number of benzene rings is 1. The van der Waals surface area contributed by atoms with Crippen molar-refractivity contribution in [3.8, 4) is 17.2 Å². The monoisotopic (exact) mass is 277 g/mol. The molecule has 0 amide bonds. The molecule has 4 nitrogen and oxygen atoms in total. The van der Waals surface area contributed by atoms with Crippen LogP contribution in [0.25, 0.3) is 0 Å². The Labute approximate surface area is 99.8 Å². The smallest absolute Gasteiger partial charge is 0.170 e. The van der Waals surface area contributed by atoms with Crippen molar-refractivity contribution in [2.45, 2.75) is 6.54 Å². The van der Waals surface area contributed by atoms with Gasteiger partial charge in [-0.2, -0.15) is 0 Å². The Kier molecular flexibility index (Phi) is 4.42. The highest BCUT2D eigenvalue weighted by molar-refractivity contribution is 5.51. The lowest BCUT2D eigenvalue weighted by atomic mass is 10.1. The first-order valence-electron chi connectivity index (χ1n) is 4.34. The van der Waals surface area contributed by atoms with Crippen LogP contribution in [0.15, 0.2) is 12.1 Å². The number of aromatic hydroxyl groups is 3. The van der Waals surface area contributed by atoms with Gasteiger partial charge >= 0.3 is 0 Å². The molecular weight excluding hydrogens is 262 g/mol. The van der Waals surface area contributed by atoms with Gasteiger partial charge in [-0.3, -0.25) is 0 Å². The molecule has 15 heavy (non-hydrogen) atoms. The Morgan fingerprint density at radius 2 is 1.47 bits per heavy atom. The summed E-state index contributed by atoms with van der Waals surface area (Å²) < 4.78 is 0.560. The fourth-order valence-electron chi connectivity index (χ4n) is 1.24. The second-order valence-electron chi connectivity index (χ2n) is 4.38. The lowest BCUT2D eigenvalue weighted by Crippen LogP contribution is -3.00. The Hall–Kier alpha value is -0.940. The molecule has 0 saturated carbocycles. The van der Waals surface area contributed by atoms with Crippen molar-refractivity contribution >= 4 is 0 Å². The second kappa shape index (κ2) is 4.72. The van der Waals surface area contributed by atoms with Gasteiger partial charge in [0.25, 0.3) is 0 Å². The maximum atomic E-state index is 9.52. The van der Waals surface area contributed by atoms with E-state index in [1.165, 1.54) is 12.1 Å². The van der Waals surface area contributed by atoms with Gasteiger partial charge in [0.15, 0.2) is 11.5 Å². The Bertz CT molecular complexity index is 347. The van der Waals surface area contributed by atoms with Crippen LogP contribution < -0.4 is 17.0 Å². The third kappa shape index (κ3) is 3.60. The van der Waals surface area contributed by atoms with Gasteiger partial charge in [-0.25, -0.2) is 0 Å². The number of phenolic OH excluding ortho intramolecular Hbond substituents is 3. The molecule has 1 aromatic carbocycles. The van der Waals surface area contributed by atoms with E-state index >= 15 is 0 Å². The van der Waals surface area contributed by atoms with E-state index in [-0.39, 0.29) is 34.2 Å². The molecule has 0 aliphatic heterocycles. The zero-order valence-electron chi connectivity index (χ0n) is 9.03. The summed E-state index contributed by atoms with van der Waals surface area (Å²) in [5.74, 6) is -0.433. The summed E-state index contributed by atoms with van der Waals surface area (Å²) in [6, 6.07) is 2.64. The van der Waals surface area contributed by atoms with Crippen LogP contribution in [-0.4, -0.2) is 40.9 Å². The van der Waals surface area contributed by atoms with Gasteiger partial charge < -0.3 is 36.8 Å². The number of rotatable bonds is 2. The van der Waals surface area contributed by atoms with Crippen LogP contribution in [0.4, 0.5) is 0 Å². The molecule has 1 aromatic rings. The van der Waals surface area contributed by atoms with E-state index in [2.05, 4.69) is 0 Å². The maximum Gasteiger partial charge on any atom is 0.170 e. The fourth-order valence-corrected chi connectivity index (χ4v) is 1.24. The van der Waals surface area contributed by atoms with Crippen molar-refractivity contribution in [2.24, 2.45) is 0 Å². The molecule has 3 N–H and O–H groups in total. The van der Waals surface area contributed by atoms with Crippen LogP contribution in [0.1, 0.15) is 5.56 Å². The number of hydrogen-bond acceptors (Lipinski definition) is 3. The summed E-state index contributed by atoms with van der Waals surface area (Å²) in [4.78, 5) is 0. The first-order valence-corrected chi connectivity index (χ1v) is 4.34. The minimum Gasteiger partial charge on any atom is -1.00 e. The van der Waals surface area contributed by atoms with E-state index in [0.29, 0.717) is 16.6 Å². The maximum absolute atomic E-state index is 9.52. The zero-order valence-corrected chi connectivity index (χ0v) is 10.6. The van der Waals surface area contributed by atoms with Gasteiger partial charge in [0.1, 0.15) is 12.3 Å². The summed E-state index contributed by atoms with van der Waals surface area (Å²) in [5, 5.41) is 28.3. The predicted molar refractivity (Wildman–Crippen MR) is 53.2 cm³/mol. The van der Waals surface area contributed by atoms with Crippen molar-refractivity contribution < 1.29 is 36.8 Å². The number of nitrogens with zero attached hydrogens (tertiary/aromatic N) is 1. The van der Waals surface area contributed by atoms with E-state index in [1.807, 2.05) is 21.1 Å². The van der Waals surface area contributed by atoms with E-state index < -0.39 is 0 Å². The molecule has 0 aliphatic rings. The molecule has 0 atom stereocenters. The molecule has 0 fully saturated rings. The largest absolute Gasteiger partial charge is 1.00 e. The van der Waals surface area contributed by atoms with E-state index in [9.17, 15) is 15.3 Å². The summed E-state index contributed by atoms with van der Waals surface area (Å²) in [5.41, 5.74) is 0.373. The molecule has 0 unspecified atom stereocenters. The second-order valence-corrected chi connectivity index (χ2v) is 4.38. The normalized spacial score (nSPS) is 10.9. The number of phenols is 3. The molecular formula is C10H16BrNO3. The van der Waals surface area contributed by atoms with Gasteiger partial charge in [-0.1, -0.05) is 0 Å². The van der Waals surface area contributed by atoms with Gasteiger partial charge in [-0.15, -0.1) is 0 Å². The highest BCUT2D eigenvalue weighted by Gasteiger charge is 2.18. The van der Waals surface area contributed by atoms with E-state index in [0.717, 1.165) is 0 Å². The summed E-state index contributed by atoms with van der Waals surface area (Å²) in [7, 11) is 5.80. The third-order valence-electron chi connectivity index (χ3n) is 1.87. The van der Waals surface area contributed by atoms with Crippen molar-refractivity contribution in [2.75, 3.05) is 21.1 Å². The van der Waals surface area contributed by atoms with E-state index in [4.69, 9.17) is 0 Å². The highest BCUT2D eigenvalue weighted by atomic mass is 79.9. The quantitative estimate of drug-likeness (QED) is 0.334. The van der Waals surface area contributed by atoms with Crippen molar-refractivity contribution in [3.63, 3.8) is 0 Å². The predicted octanol–water partition coefficient (Wildman–Crippen LogP) is -1.99. The topological polar surface area (TPSA) is 60.7 Å². The SMILES string of the molecule is C[N+](C)(C)Cc1c(O)ccc(O)c1O.[Br-]. The Morgan fingerprint density at radius 3 is 1.93 bits per heavy atom. The molecule has 5 heteroatoms.